The first-order valence-electron chi connectivity index (χ1n) is 7.63. The van der Waals surface area contributed by atoms with Gasteiger partial charge in [-0.15, -0.1) is 0 Å². The predicted octanol–water partition coefficient (Wildman–Crippen LogP) is 1.76. The van der Waals surface area contributed by atoms with E-state index in [4.69, 9.17) is 9.84 Å². The molecule has 0 unspecified atom stereocenters. The van der Waals surface area contributed by atoms with Crippen LogP contribution in [0.5, 0.6) is 0 Å². The maximum absolute atomic E-state index is 12.2. The molecule has 2 saturated carbocycles. The van der Waals surface area contributed by atoms with Gasteiger partial charge in [0.15, 0.2) is 0 Å². The Kier molecular flexibility index (Phi) is 5.40. The molecule has 0 aromatic rings. The third kappa shape index (κ3) is 4.47. The molecule has 0 radical (unpaired) electrons. The Balaban J connectivity index is 1.63. The van der Waals surface area contributed by atoms with Crippen LogP contribution in [0, 0.1) is 17.8 Å². The zero-order chi connectivity index (χ0) is 14.5. The van der Waals surface area contributed by atoms with Crippen LogP contribution in [-0.4, -0.2) is 48.7 Å². The zero-order valence-corrected chi connectivity index (χ0v) is 12.2. The Morgan fingerprint density at radius 1 is 1.10 bits per heavy atom. The Hall–Kier alpha value is -1.10. The Labute approximate surface area is 120 Å². The van der Waals surface area contributed by atoms with E-state index in [1.807, 2.05) is 7.05 Å². The van der Waals surface area contributed by atoms with Crippen LogP contribution in [0.4, 0.5) is 0 Å². The van der Waals surface area contributed by atoms with Gasteiger partial charge in [0.1, 0.15) is 0 Å². The number of carboxylic acid groups (broad SMARTS) is 1. The van der Waals surface area contributed by atoms with E-state index in [1.165, 1.54) is 12.8 Å². The molecule has 0 spiro atoms. The van der Waals surface area contributed by atoms with E-state index in [0.717, 1.165) is 12.5 Å². The topological polar surface area (TPSA) is 66.8 Å². The van der Waals surface area contributed by atoms with Gasteiger partial charge < -0.3 is 14.7 Å². The van der Waals surface area contributed by atoms with Crippen molar-refractivity contribution in [2.75, 3.05) is 26.8 Å². The van der Waals surface area contributed by atoms with Crippen LogP contribution >= 0.6 is 0 Å². The van der Waals surface area contributed by atoms with Crippen molar-refractivity contribution in [1.82, 2.24) is 4.90 Å². The quantitative estimate of drug-likeness (QED) is 0.723. The zero-order valence-electron chi connectivity index (χ0n) is 12.2. The van der Waals surface area contributed by atoms with Gasteiger partial charge in [0, 0.05) is 26.1 Å². The molecule has 114 valence electrons. The van der Waals surface area contributed by atoms with Crippen molar-refractivity contribution < 1.29 is 19.4 Å². The standard InChI is InChI=1S/C15H25NO4/c1-16(8-9-20-10-11-2-3-11)14(17)12-4-6-13(7-5-12)15(18)19/h11-13H,2-10H2,1H3,(H,18,19). The van der Waals surface area contributed by atoms with Gasteiger partial charge in [-0.3, -0.25) is 9.59 Å². The maximum atomic E-state index is 12.2. The second kappa shape index (κ2) is 7.07. The molecule has 0 heterocycles. The van der Waals surface area contributed by atoms with Gasteiger partial charge in [-0.1, -0.05) is 0 Å². The van der Waals surface area contributed by atoms with E-state index >= 15 is 0 Å². The minimum atomic E-state index is -0.724. The maximum Gasteiger partial charge on any atom is 0.306 e. The Morgan fingerprint density at radius 2 is 1.70 bits per heavy atom. The van der Waals surface area contributed by atoms with Gasteiger partial charge in [0.25, 0.3) is 0 Å². The van der Waals surface area contributed by atoms with Crippen molar-refractivity contribution in [2.45, 2.75) is 38.5 Å². The van der Waals surface area contributed by atoms with Gasteiger partial charge in [0.05, 0.1) is 12.5 Å². The molecule has 0 aliphatic heterocycles. The summed E-state index contributed by atoms with van der Waals surface area (Å²) in [4.78, 5) is 24.9. The van der Waals surface area contributed by atoms with Crippen molar-refractivity contribution in [3.63, 3.8) is 0 Å². The average Bonchev–Trinajstić information content (AvgIpc) is 3.26. The predicted molar refractivity (Wildman–Crippen MR) is 74.3 cm³/mol. The molecule has 5 nitrogen and oxygen atoms in total. The number of hydrogen-bond donors (Lipinski definition) is 1. The van der Waals surface area contributed by atoms with Crippen molar-refractivity contribution >= 4 is 11.9 Å². The first kappa shape index (κ1) is 15.3. The molecule has 1 N–H and O–H groups in total. The highest BCUT2D eigenvalue weighted by molar-refractivity contribution is 5.79. The molecule has 5 heteroatoms. The van der Waals surface area contributed by atoms with Crippen LogP contribution in [0.3, 0.4) is 0 Å². The van der Waals surface area contributed by atoms with Crippen molar-refractivity contribution in [3.05, 3.63) is 0 Å². The summed E-state index contributed by atoms with van der Waals surface area (Å²) in [6.07, 6.45) is 5.20. The lowest BCUT2D eigenvalue weighted by molar-refractivity contribution is -0.145. The monoisotopic (exact) mass is 283 g/mol. The number of rotatable bonds is 7. The molecule has 0 saturated heterocycles. The summed E-state index contributed by atoms with van der Waals surface area (Å²) in [5, 5.41) is 8.95. The normalized spacial score (nSPS) is 26.2. The van der Waals surface area contributed by atoms with Crippen molar-refractivity contribution in [1.29, 1.82) is 0 Å². The summed E-state index contributed by atoms with van der Waals surface area (Å²) in [5.41, 5.74) is 0. The molecule has 2 aliphatic rings. The van der Waals surface area contributed by atoms with Crippen LogP contribution in [-0.2, 0) is 14.3 Å². The first-order chi connectivity index (χ1) is 9.58. The average molecular weight is 283 g/mol. The fourth-order valence-corrected chi connectivity index (χ4v) is 2.75. The van der Waals surface area contributed by atoms with Crippen LogP contribution < -0.4 is 0 Å². The highest BCUT2D eigenvalue weighted by Gasteiger charge is 2.31. The fourth-order valence-electron chi connectivity index (χ4n) is 2.75. The molecular formula is C15H25NO4. The molecule has 0 atom stereocenters. The first-order valence-corrected chi connectivity index (χ1v) is 7.63. The van der Waals surface area contributed by atoms with Gasteiger partial charge in [-0.25, -0.2) is 0 Å². The van der Waals surface area contributed by atoms with Crippen molar-refractivity contribution in [2.24, 2.45) is 17.8 Å². The molecule has 0 aromatic carbocycles. The summed E-state index contributed by atoms with van der Waals surface area (Å²) in [5.74, 6) is -0.0887. The van der Waals surface area contributed by atoms with Crippen molar-refractivity contribution in [3.8, 4) is 0 Å². The van der Waals surface area contributed by atoms with E-state index in [2.05, 4.69) is 0 Å². The van der Waals surface area contributed by atoms with E-state index in [-0.39, 0.29) is 17.7 Å². The lowest BCUT2D eigenvalue weighted by atomic mass is 9.81. The number of hydrogen-bond acceptors (Lipinski definition) is 3. The summed E-state index contributed by atoms with van der Waals surface area (Å²) >= 11 is 0. The smallest absolute Gasteiger partial charge is 0.306 e. The minimum absolute atomic E-state index is 0.000896. The number of carboxylic acids is 1. The third-order valence-corrected chi connectivity index (χ3v) is 4.42. The third-order valence-electron chi connectivity index (χ3n) is 4.42. The molecular weight excluding hydrogens is 258 g/mol. The molecule has 20 heavy (non-hydrogen) atoms. The second-order valence-electron chi connectivity index (χ2n) is 6.16. The van der Waals surface area contributed by atoms with Gasteiger partial charge in [-0.05, 0) is 44.4 Å². The lowest BCUT2D eigenvalue weighted by Gasteiger charge is -2.28. The summed E-state index contributed by atoms with van der Waals surface area (Å²) < 4.78 is 5.54. The number of amides is 1. The van der Waals surface area contributed by atoms with Gasteiger partial charge in [-0.2, -0.15) is 0 Å². The fraction of sp³-hybridized carbons (Fsp3) is 0.867. The van der Waals surface area contributed by atoms with Gasteiger partial charge >= 0.3 is 5.97 Å². The number of likely N-dealkylation sites (N-methyl/N-ethyl adjacent to an activating group) is 1. The Bertz CT molecular complexity index is 346. The summed E-state index contributed by atoms with van der Waals surface area (Å²) in [6, 6.07) is 0. The van der Waals surface area contributed by atoms with E-state index in [1.54, 1.807) is 4.90 Å². The van der Waals surface area contributed by atoms with Crippen LogP contribution in [0.15, 0.2) is 0 Å². The molecule has 2 fully saturated rings. The second-order valence-corrected chi connectivity index (χ2v) is 6.16. The van der Waals surface area contributed by atoms with Crippen LogP contribution in [0.1, 0.15) is 38.5 Å². The molecule has 0 bridgehead atoms. The summed E-state index contributed by atoms with van der Waals surface area (Å²) in [7, 11) is 1.81. The van der Waals surface area contributed by atoms with E-state index in [9.17, 15) is 9.59 Å². The highest BCUT2D eigenvalue weighted by Crippen LogP contribution is 2.30. The van der Waals surface area contributed by atoms with E-state index in [0.29, 0.717) is 38.8 Å². The van der Waals surface area contributed by atoms with Crippen LogP contribution in [0.2, 0.25) is 0 Å². The largest absolute Gasteiger partial charge is 0.481 e. The SMILES string of the molecule is CN(CCOCC1CC1)C(=O)C1CCC(C(=O)O)CC1. The highest BCUT2D eigenvalue weighted by atomic mass is 16.5. The minimum Gasteiger partial charge on any atom is -0.481 e. The molecule has 2 rings (SSSR count). The lowest BCUT2D eigenvalue weighted by Crippen LogP contribution is -2.37. The number of carbonyl (C=O) groups is 2. The Morgan fingerprint density at radius 3 is 2.25 bits per heavy atom. The number of ether oxygens (including phenoxy) is 1. The van der Waals surface area contributed by atoms with Crippen LogP contribution in [0.25, 0.3) is 0 Å². The van der Waals surface area contributed by atoms with E-state index < -0.39 is 5.97 Å². The molecule has 0 aromatic heterocycles. The number of aliphatic carboxylic acids is 1. The molecule has 2 aliphatic carbocycles. The molecule has 1 amide bonds. The summed E-state index contributed by atoms with van der Waals surface area (Å²) in [6.45, 7) is 2.05. The number of nitrogens with zero attached hydrogens (tertiary/aromatic N) is 1. The number of carbonyl (C=O) groups excluding carboxylic acids is 1. The van der Waals surface area contributed by atoms with Gasteiger partial charge in [0.2, 0.25) is 5.91 Å².